The number of rotatable bonds is 6. The molecule has 1 unspecified atom stereocenters. The molecule has 1 atom stereocenters. The maximum Gasteiger partial charge on any atom is 0.0929 e. The first-order valence-corrected chi connectivity index (χ1v) is 6.98. The normalized spacial score (nSPS) is 20.4. The molecule has 3 nitrogen and oxygen atoms in total. The molecular weight excluding hydrogens is 246 g/mol. The number of hydrogen-bond acceptors (Lipinski definition) is 4. The van der Waals surface area contributed by atoms with E-state index in [1.165, 1.54) is 0 Å². The van der Waals surface area contributed by atoms with Crippen LogP contribution in [0.15, 0.2) is 5.38 Å². The van der Waals surface area contributed by atoms with Crippen LogP contribution in [-0.4, -0.2) is 30.9 Å². The quantitative estimate of drug-likeness (QED) is 0.583. The zero-order chi connectivity index (χ0) is 11.2. The molecule has 1 aliphatic rings. The Morgan fingerprint density at radius 1 is 1.62 bits per heavy atom. The SMILES string of the molecule is ClCc1csc(CCCOC2CCOC2)n1. The summed E-state index contributed by atoms with van der Waals surface area (Å²) >= 11 is 7.37. The van der Waals surface area contributed by atoms with Gasteiger partial charge in [0.05, 0.1) is 29.3 Å². The van der Waals surface area contributed by atoms with Crippen LogP contribution in [-0.2, 0) is 21.8 Å². The second kappa shape index (κ2) is 6.55. The Hall–Kier alpha value is -0.160. The van der Waals surface area contributed by atoms with Crippen molar-refractivity contribution in [3.05, 3.63) is 16.1 Å². The Kier molecular flexibility index (Phi) is 5.03. The molecule has 1 aliphatic heterocycles. The van der Waals surface area contributed by atoms with Crippen molar-refractivity contribution in [3.63, 3.8) is 0 Å². The molecule has 0 spiro atoms. The third-order valence-corrected chi connectivity index (χ3v) is 3.74. The van der Waals surface area contributed by atoms with E-state index in [-0.39, 0.29) is 0 Å². The van der Waals surface area contributed by atoms with E-state index < -0.39 is 0 Å². The molecule has 0 saturated carbocycles. The zero-order valence-electron chi connectivity index (χ0n) is 9.15. The minimum absolute atomic E-state index is 0.315. The highest BCUT2D eigenvalue weighted by Gasteiger charge is 2.15. The van der Waals surface area contributed by atoms with E-state index in [0.717, 1.165) is 49.8 Å². The molecule has 0 amide bonds. The first-order valence-electron chi connectivity index (χ1n) is 5.57. The van der Waals surface area contributed by atoms with Gasteiger partial charge in [0.2, 0.25) is 0 Å². The summed E-state index contributed by atoms with van der Waals surface area (Å²) < 4.78 is 10.9. The summed E-state index contributed by atoms with van der Waals surface area (Å²) in [5.74, 6) is 0.506. The van der Waals surface area contributed by atoms with Crippen LogP contribution >= 0.6 is 22.9 Å². The fourth-order valence-electron chi connectivity index (χ4n) is 1.64. The van der Waals surface area contributed by atoms with E-state index >= 15 is 0 Å². The number of aryl methyl sites for hydroxylation is 1. The van der Waals surface area contributed by atoms with Gasteiger partial charge < -0.3 is 9.47 Å². The van der Waals surface area contributed by atoms with Crippen molar-refractivity contribution in [1.82, 2.24) is 4.98 Å². The maximum atomic E-state index is 5.69. The Labute approximate surface area is 105 Å². The summed E-state index contributed by atoms with van der Waals surface area (Å²) in [7, 11) is 0. The highest BCUT2D eigenvalue weighted by atomic mass is 35.5. The van der Waals surface area contributed by atoms with E-state index in [1.54, 1.807) is 11.3 Å². The van der Waals surface area contributed by atoms with Gasteiger partial charge in [0.15, 0.2) is 0 Å². The van der Waals surface area contributed by atoms with Crippen LogP contribution in [0, 0.1) is 0 Å². The number of halogens is 1. The van der Waals surface area contributed by atoms with Crippen LogP contribution in [0.5, 0.6) is 0 Å². The van der Waals surface area contributed by atoms with Crippen LogP contribution in [0.25, 0.3) is 0 Å². The third kappa shape index (κ3) is 3.70. The number of aromatic nitrogens is 1. The minimum Gasteiger partial charge on any atom is -0.379 e. The van der Waals surface area contributed by atoms with Crippen LogP contribution in [0.1, 0.15) is 23.5 Å². The number of thiazole rings is 1. The molecule has 1 saturated heterocycles. The Balaban J connectivity index is 1.60. The summed E-state index contributed by atoms with van der Waals surface area (Å²) in [5.41, 5.74) is 0.978. The van der Waals surface area contributed by atoms with Crippen LogP contribution in [0.4, 0.5) is 0 Å². The molecular formula is C11H16ClNO2S. The number of nitrogens with zero attached hydrogens (tertiary/aromatic N) is 1. The van der Waals surface area contributed by atoms with Crippen LogP contribution in [0.2, 0.25) is 0 Å². The van der Waals surface area contributed by atoms with Gasteiger partial charge in [0.1, 0.15) is 0 Å². The first-order chi connectivity index (χ1) is 7.88. The standard InChI is InChI=1S/C11H16ClNO2S/c12-6-9-8-16-11(13-9)2-1-4-15-10-3-5-14-7-10/h8,10H,1-7H2. The number of alkyl halides is 1. The van der Waals surface area contributed by atoms with E-state index in [2.05, 4.69) is 4.98 Å². The monoisotopic (exact) mass is 261 g/mol. The van der Waals surface area contributed by atoms with Crippen molar-refractivity contribution < 1.29 is 9.47 Å². The predicted octanol–water partition coefficient (Wildman–Crippen LogP) is 2.62. The molecule has 0 radical (unpaired) electrons. The molecule has 2 rings (SSSR count). The van der Waals surface area contributed by atoms with Crippen molar-refractivity contribution in [2.75, 3.05) is 19.8 Å². The smallest absolute Gasteiger partial charge is 0.0929 e. The van der Waals surface area contributed by atoms with Gasteiger partial charge in [-0.3, -0.25) is 0 Å². The van der Waals surface area contributed by atoms with Crippen molar-refractivity contribution in [3.8, 4) is 0 Å². The Morgan fingerprint density at radius 3 is 3.25 bits per heavy atom. The summed E-state index contributed by atoms with van der Waals surface area (Å²) in [5, 5.41) is 3.18. The Morgan fingerprint density at radius 2 is 2.56 bits per heavy atom. The molecule has 0 bridgehead atoms. The van der Waals surface area contributed by atoms with Gasteiger partial charge >= 0.3 is 0 Å². The van der Waals surface area contributed by atoms with Crippen molar-refractivity contribution >= 4 is 22.9 Å². The average Bonchev–Trinajstić information content (AvgIpc) is 2.95. The molecule has 0 aromatic carbocycles. The summed E-state index contributed by atoms with van der Waals surface area (Å²) in [4.78, 5) is 4.40. The highest BCUT2D eigenvalue weighted by molar-refractivity contribution is 7.09. The molecule has 16 heavy (non-hydrogen) atoms. The molecule has 1 aromatic rings. The van der Waals surface area contributed by atoms with Crippen molar-refractivity contribution in [2.45, 2.75) is 31.2 Å². The number of hydrogen-bond donors (Lipinski definition) is 0. The van der Waals surface area contributed by atoms with Crippen molar-refractivity contribution in [2.24, 2.45) is 0 Å². The first kappa shape index (κ1) is 12.3. The van der Waals surface area contributed by atoms with Gasteiger partial charge in [-0.15, -0.1) is 22.9 Å². The molecule has 1 fully saturated rings. The molecule has 0 N–H and O–H groups in total. The lowest BCUT2D eigenvalue weighted by Crippen LogP contribution is -2.13. The van der Waals surface area contributed by atoms with Gasteiger partial charge in [-0.05, 0) is 12.8 Å². The van der Waals surface area contributed by atoms with Crippen LogP contribution < -0.4 is 0 Å². The molecule has 2 heterocycles. The third-order valence-electron chi connectivity index (χ3n) is 2.51. The number of ether oxygens (including phenoxy) is 2. The van der Waals surface area contributed by atoms with E-state index in [1.807, 2.05) is 5.38 Å². The summed E-state index contributed by atoms with van der Waals surface area (Å²) in [6, 6.07) is 0. The predicted molar refractivity (Wildman–Crippen MR) is 65.2 cm³/mol. The topological polar surface area (TPSA) is 31.4 Å². The Bertz CT molecular complexity index is 313. The van der Waals surface area contributed by atoms with E-state index in [0.29, 0.717) is 12.0 Å². The second-order valence-corrected chi connectivity index (χ2v) is 5.04. The zero-order valence-corrected chi connectivity index (χ0v) is 10.7. The fourth-order valence-corrected chi connectivity index (χ4v) is 2.71. The van der Waals surface area contributed by atoms with Gasteiger partial charge in [0, 0.05) is 25.0 Å². The maximum absolute atomic E-state index is 5.69. The highest BCUT2D eigenvalue weighted by Crippen LogP contribution is 2.14. The second-order valence-electron chi connectivity index (χ2n) is 3.83. The lowest BCUT2D eigenvalue weighted by atomic mass is 10.3. The molecule has 90 valence electrons. The lowest BCUT2D eigenvalue weighted by molar-refractivity contribution is 0.0416. The molecule has 5 heteroatoms. The molecule has 0 aliphatic carbocycles. The molecule has 1 aromatic heterocycles. The fraction of sp³-hybridized carbons (Fsp3) is 0.727. The lowest BCUT2D eigenvalue weighted by Gasteiger charge is -2.08. The van der Waals surface area contributed by atoms with Gasteiger partial charge in [-0.25, -0.2) is 4.98 Å². The summed E-state index contributed by atoms with van der Waals surface area (Å²) in [6.45, 7) is 2.40. The van der Waals surface area contributed by atoms with Gasteiger partial charge in [0.25, 0.3) is 0 Å². The van der Waals surface area contributed by atoms with E-state index in [9.17, 15) is 0 Å². The van der Waals surface area contributed by atoms with E-state index in [4.69, 9.17) is 21.1 Å². The largest absolute Gasteiger partial charge is 0.379 e. The van der Waals surface area contributed by atoms with Crippen molar-refractivity contribution in [1.29, 1.82) is 0 Å². The van der Waals surface area contributed by atoms with Crippen LogP contribution in [0.3, 0.4) is 0 Å². The van der Waals surface area contributed by atoms with Gasteiger partial charge in [-0.1, -0.05) is 0 Å². The average molecular weight is 262 g/mol. The minimum atomic E-state index is 0.315. The summed E-state index contributed by atoms with van der Waals surface area (Å²) in [6.07, 6.45) is 3.35. The van der Waals surface area contributed by atoms with Gasteiger partial charge in [-0.2, -0.15) is 0 Å².